The number of carbonyl (C=O) groups is 1. The molecule has 4 aromatic rings. The van der Waals surface area contributed by atoms with Gasteiger partial charge in [-0.15, -0.1) is 11.3 Å². The van der Waals surface area contributed by atoms with Crippen LogP contribution in [0, 0.1) is 11.6 Å². The van der Waals surface area contributed by atoms with Gasteiger partial charge in [0.25, 0.3) is 5.91 Å². The topological polar surface area (TPSA) is 42.0 Å². The largest absolute Gasteiger partial charge is 0.322 e. The molecule has 0 saturated carbocycles. The lowest BCUT2D eigenvalue weighted by atomic mass is 10.1. The van der Waals surface area contributed by atoms with Gasteiger partial charge < -0.3 is 5.32 Å². The number of anilines is 1. The molecule has 0 atom stereocenters. The Bertz CT molecular complexity index is 1210. The Morgan fingerprint density at radius 2 is 1.79 bits per heavy atom. The predicted octanol–water partition coefficient (Wildman–Crippen LogP) is 6.66. The average molecular weight is 427 g/mol. The van der Waals surface area contributed by atoms with Gasteiger partial charge in [0.1, 0.15) is 5.01 Å². The third-order valence-electron chi connectivity index (χ3n) is 4.21. The molecule has 3 aromatic carbocycles. The second-order valence-corrected chi connectivity index (χ2v) is 7.45. The fourth-order valence-electron chi connectivity index (χ4n) is 2.76. The minimum Gasteiger partial charge on any atom is -0.322 e. The molecule has 0 aliphatic heterocycles. The zero-order valence-corrected chi connectivity index (χ0v) is 16.4. The van der Waals surface area contributed by atoms with E-state index in [0.29, 0.717) is 10.7 Å². The maximum Gasteiger partial charge on any atom is 0.255 e. The molecule has 0 bridgehead atoms. The summed E-state index contributed by atoms with van der Waals surface area (Å²) in [7, 11) is 0. The van der Waals surface area contributed by atoms with Crippen LogP contribution in [0.25, 0.3) is 21.8 Å². The molecule has 0 aliphatic rings. The van der Waals surface area contributed by atoms with E-state index in [1.54, 1.807) is 18.2 Å². The van der Waals surface area contributed by atoms with Crippen LogP contribution in [0.4, 0.5) is 14.5 Å². The smallest absolute Gasteiger partial charge is 0.255 e. The fraction of sp³-hybridized carbons (Fsp3) is 0. The van der Waals surface area contributed by atoms with E-state index in [0.717, 1.165) is 34.0 Å². The third kappa shape index (κ3) is 4.18. The Balaban J connectivity index is 1.57. The monoisotopic (exact) mass is 426 g/mol. The number of carbonyl (C=O) groups excluding carboxylic acids is 1. The van der Waals surface area contributed by atoms with Crippen LogP contribution < -0.4 is 5.32 Å². The van der Waals surface area contributed by atoms with E-state index < -0.39 is 17.5 Å². The van der Waals surface area contributed by atoms with E-state index >= 15 is 0 Å². The van der Waals surface area contributed by atoms with E-state index in [2.05, 4.69) is 10.3 Å². The minimum atomic E-state index is -1.07. The Morgan fingerprint density at radius 1 is 0.966 bits per heavy atom. The van der Waals surface area contributed by atoms with Gasteiger partial charge in [0.15, 0.2) is 11.6 Å². The molecular weight excluding hydrogens is 414 g/mol. The number of nitrogens with one attached hydrogen (secondary N) is 1. The molecule has 3 nitrogen and oxygen atoms in total. The SMILES string of the molecule is O=C(Nc1cccc(-c2csc(-c3ccccc3Cl)n2)c1)c1ccc(F)c(F)c1. The third-order valence-corrected chi connectivity index (χ3v) is 5.41. The van der Waals surface area contributed by atoms with E-state index in [9.17, 15) is 13.6 Å². The first-order chi connectivity index (χ1) is 14.0. The van der Waals surface area contributed by atoms with Gasteiger partial charge in [-0.1, -0.05) is 41.9 Å². The van der Waals surface area contributed by atoms with E-state index in [-0.39, 0.29) is 5.56 Å². The zero-order valence-electron chi connectivity index (χ0n) is 14.8. The lowest BCUT2D eigenvalue weighted by Crippen LogP contribution is -2.12. The Kier molecular flexibility index (Phi) is 5.38. The normalized spacial score (nSPS) is 10.7. The molecule has 1 heterocycles. The molecule has 0 saturated heterocycles. The number of benzene rings is 3. The Labute approximate surface area is 174 Å². The van der Waals surface area contributed by atoms with Crippen molar-refractivity contribution in [3.8, 4) is 21.8 Å². The number of hydrogen-bond acceptors (Lipinski definition) is 3. The molecule has 0 unspecified atom stereocenters. The molecule has 7 heteroatoms. The molecule has 1 amide bonds. The molecule has 0 radical (unpaired) electrons. The highest BCUT2D eigenvalue weighted by atomic mass is 35.5. The molecule has 0 aliphatic carbocycles. The maximum absolute atomic E-state index is 13.4. The van der Waals surface area contributed by atoms with Crippen molar-refractivity contribution in [3.05, 3.63) is 94.3 Å². The van der Waals surface area contributed by atoms with Gasteiger partial charge in [-0.2, -0.15) is 0 Å². The molecule has 1 N–H and O–H groups in total. The van der Waals surface area contributed by atoms with Crippen molar-refractivity contribution in [3.63, 3.8) is 0 Å². The molecule has 144 valence electrons. The summed E-state index contributed by atoms with van der Waals surface area (Å²) in [4.78, 5) is 17.0. The van der Waals surface area contributed by atoms with Gasteiger partial charge in [-0.3, -0.25) is 4.79 Å². The van der Waals surface area contributed by atoms with Crippen molar-refractivity contribution in [2.45, 2.75) is 0 Å². The first-order valence-corrected chi connectivity index (χ1v) is 9.84. The summed E-state index contributed by atoms with van der Waals surface area (Å²) in [6, 6.07) is 17.6. The van der Waals surface area contributed by atoms with Crippen molar-refractivity contribution in [2.75, 3.05) is 5.32 Å². The van der Waals surface area contributed by atoms with Crippen LogP contribution in [0.5, 0.6) is 0 Å². The second-order valence-electron chi connectivity index (χ2n) is 6.18. The highest BCUT2D eigenvalue weighted by molar-refractivity contribution is 7.13. The molecular formula is C22H13ClF2N2OS. The quantitative estimate of drug-likeness (QED) is 0.396. The lowest BCUT2D eigenvalue weighted by molar-refractivity contribution is 0.102. The number of nitrogens with zero attached hydrogens (tertiary/aromatic N) is 1. The van der Waals surface area contributed by atoms with Gasteiger partial charge in [0.05, 0.1) is 10.7 Å². The first kappa shape index (κ1) is 19.2. The number of hydrogen-bond donors (Lipinski definition) is 1. The van der Waals surface area contributed by atoms with Gasteiger partial charge in [0.2, 0.25) is 0 Å². The number of thiazole rings is 1. The zero-order chi connectivity index (χ0) is 20.4. The van der Waals surface area contributed by atoms with Gasteiger partial charge in [-0.25, -0.2) is 13.8 Å². The van der Waals surface area contributed by atoms with E-state index in [4.69, 9.17) is 11.6 Å². The average Bonchev–Trinajstić information content (AvgIpc) is 3.20. The van der Waals surface area contributed by atoms with Crippen molar-refractivity contribution in [2.24, 2.45) is 0 Å². The number of aromatic nitrogens is 1. The van der Waals surface area contributed by atoms with Crippen LogP contribution in [0.2, 0.25) is 5.02 Å². The summed E-state index contributed by atoms with van der Waals surface area (Å²) in [5.41, 5.74) is 2.96. The molecule has 1 aromatic heterocycles. The number of amides is 1. The van der Waals surface area contributed by atoms with Crippen LogP contribution in [0.15, 0.2) is 72.1 Å². The summed E-state index contributed by atoms with van der Waals surface area (Å²) in [5, 5.41) is 6.02. The Morgan fingerprint density at radius 3 is 2.59 bits per heavy atom. The molecule has 0 fully saturated rings. The van der Waals surface area contributed by atoms with Crippen molar-refractivity contribution >= 4 is 34.5 Å². The summed E-state index contributed by atoms with van der Waals surface area (Å²) in [6.07, 6.45) is 0. The number of rotatable bonds is 4. The van der Waals surface area contributed by atoms with E-state index in [1.807, 2.05) is 35.7 Å². The maximum atomic E-state index is 13.4. The highest BCUT2D eigenvalue weighted by Crippen LogP contribution is 2.33. The number of halogens is 3. The standard InChI is InChI=1S/C22H13ClF2N2OS/c23-17-7-2-1-6-16(17)22-27-20(12-29-22)13-4-3-5-15(10-13)26-21(28)14-8-9-18(24)19(25)11-14/h1-12H,(H,26,28). The second kappa shape index (κ2) is 8.11. The van der Waals surface area contributed by atoms with Crippen LogP contribution in [-0.2, 0) is 0 Å². The van der Waals surface area contributed by atoms with Crippen LogP contribution >= 0.6 is 22.9 Å². The van der Waals surface area contributed by atoms with Gasteiger partial charge in [0, 0.05) is 27.8 Å². The molecule has 4 rings (SSSR count). The molecule has 29 heavy (non-hydrogen) atoms. The minimum absolute atomic E-state index is 0.0315. The van der Waals surface area contributed by atoms with E-state index in [1.165, 1.54) is 17.4 Å². The molecule has 0 spiro atoms. The fourth-order valence-corrected chi connectivity index (χ4v) is 3.91. The van der Waals surface area contributed by atoms with Crippen LogP contribution in [0.3, 0.4) is 0 Å². The highest BCUT2D eigenvalue weighted by Gasteiger charge is 2.12. The van der Waals surface area contributed by atoms with Crippen LogP contribution in [0.1, 0.15) is 10.4 Å². The first-order valence-electron chi connectivity index (χ1n) is 8.58. The summed E-state index contributed by atoms with van der Waals surface area (Å²) >= 11 is 7.72. The van der Waals surface area contributed by atoms with Crippen molar-refractivity contribution in [1.82, 2.24) is 4.98 Å². The summed E-state index contributed by atoms with van der Waals surface area (Å²) in [6.45, 7) is 0. The predicted molar refractivity (Wildman–Crippen MR) is 112 cm³/mol. The van der Waals surface area contributed by atoms with Gasteiger partial charge in [-0.05, 0) is 36.4 Å². The summed E-state index contributed by atoms with van der Waals surface area (Å²) in [5.74, 6) is -2.60. The van der Waals surface area contributed by atoms with Crippen molar-refractivity contribution < 1.29 is 13.6 Å². The summed E-state index contributed by atoms with van der Waals surface area (Å²) < 4.78 is 26.4. The Hall–Kier alpha value is -3.09. The van der Waals surface area contributed by atoms with Crippen molar-refractivity contribution in [1.29, 1.82) is 0 Å². The lowest BCUT2D eigenvalue weighted by Gasteiger charge is -2.07. The van der Waals surface area contributed by atoms with Gasteiger partial charge >= 0.3 is 0 Å². The van der Waals surface area contributed by atoms with Crippen LogP contribution in [-0.4, -0.2) is 10.9 Å².